The van der Waals surface area contributed by atoms with Crippen molar-refractivity contribution >= 4 is 5.97 Å². The lowest BCUT2D eigenvalue weighted by Crippen LogP contribution is -2.21. The van der Waals surface area contributed by atoms with Gasteiger partial charge < -0.3 is 10.1 Å². The molecule has 0 saturated carbocycles. The molecule has 1 aliphatic rings. The molecule has 3 nitrogen and oxygen atoms in total. The van der Waals surface area contributed by atoms with E-state index in [-0.39, 0.29) is 12.0 Å². The maximum Gasteiger partial charge on any atom is 0.307 e. The zero-order valence-electron chi connectivity index (χ0n) is 11.2. The Balaban J connectivity index is 2.18. The van der Waals surface area contributed by atoms with Gasteiger partial charge in [-0.25, -0.2) is 0 Å². The van der Waals surface area contributed by atoms with E-state index in [0.717, 1.165) is 6.42 Å². The van der Waals surface area contributed by atoms with Gasteiger partial charge in [0.05, 0.1) is 13.5 Å². The van der Waals surface area contributed by atoms with Crippen molar-refractivity contribution in [3.63, 3.8) is 0 Å². The molecule has 0 radical (unpaired) electrons. The number of carbonyl (C=O) groups excluding carboxylic acids is 1. The Labute approximate surface area is 109 Å². The zero-order chi connectivity index (χ0) is 13.0. The molecule has 0 amide bonds. The second kappa shape index (κ2) is 6.01. The summed E-state index contributed by atoms with van der Waals surface area (Å²) in [5.74, 6) is -0.174. The van der Waals surface area contributed by atoms with Crippen molar-refractivity contribution in [2.75, 3.05) is 14.2 Å². The van der Waals surface area contributed by atoms with Crippen LogP contribution in [0.25, 0.3) is 0 Å². The van der Waals surface area contributed by atoms with Gasteiger partial charge in [-0.05, 0) is 49.4 Å². The van der Waals surface area contributed by atoms with Gasteiger partial charge in [-0.15, -0.1) is 0 Å². The van der Waals surface area contributed by atoms with E-state index in [1.807, 2.05) is 7.05 Å². The fraction of sp³-hybridized carbons (Fsp3) is 0.533. The van der Waals surface area contributed by atoms with Crippen LogP contribution in [0.4, 0.5) is 0 Å². The van der Waals surface area contributed by atoms with E-state index in [2.05, 4.69) is 23.5 Å². The van der Waals surface area contributed by atoms with Gasteiger partial charge in [0.15, 0.2) is 0 Å². The molecule has 0 saturated heterocycles. The molecule has 0 heterocycles. The van der Waals surface area contributed by atoms with Crippen LogP contribution in [0.1, 0.15) is 42.0 Å². The number of ether oxygens (including phenoxy) is 1. The number of aryl methyl sites for hydroxylation is 2. The van der Waals surface area contributed by atoms with E-state index in [9.17, 15) is 4.79 Å². The summed E-state index contributed by atoms with van der Waals surface area (Å²) in [4.78, 5) is 11.4. The third-order valence-electron chi connectivity index (χ3n) is 3.72. The number of carbonyl (C=O) groups is 1. The first kappa shape index (κ1) is 13.1. The fourth-order valence-electron chi connectivity index (χ4n) is 2.61. The highest BCUT2D eigenvalue weighted by molar-refractivity contribution is 5.70. The van der Waals surface area contributed by atoms with Crippen LogP contribution in [-0.4, -0.2) is 20.1 Å². The molecule has 3 heteroatoms. The Kier molecular flexibility index (Phi) is 4.37. The minimum atomic E-state index is -0.174. The van der Waals surface area contributed by atoms with E-state index in [4.69, 9.17) is 4.74 Å². The molecule has 0 spiro atoms. The van der Waals surface area contributed by atoms with Gasteiger partial charge in [0.25, 0.3) is 0 Å². The van der Waals surface area contributed by atoms with Crippen molar-refractivity contribution in [3.05, 3.63) is 34.9 Å². The lowest BCUT2D eigenvalue weighted by molar-refractivity contribution is -0.141. The zero-order valence-corrected chi connectivity index (χ0v) is 11.2. The van der Waals surface area contributed by atoms with Gasteiger partial charge in [-0.3, -0.25) is 4.79 Å². The second-order valence-electron chi connectivity index (χ2n) is 4.86. The maximum absolute atomic E-state index is 11.4. The number of hydrogen-bond donors (Lipinski definition) is 1. The van der Waals surface area contributed by atoms with Crippen LogP contribution in [0.2, 0.25) is 0 Å². The molecule has 0 aliphatic heterocycles. The van der Waals surface area contributed by atoms with Gasteiger partial charge in [-0.1, -0.05) is 18.2 Å². The van der Waals surface area contributed by atoms with Crippen LogP contribution < -0.4 is 5.32 Å². The molecule has 1 aliphatic carbocycles. The van der Waals surface area contributed by atoms with Crippen molar-refractivity contribution in [1.29, 1.82) is 0 Å². The molecule has 1 unspecified atom stereocenters. The molecule has 0 aromatic heterocycles. The van der Waals surface area contributed by atoms with Crippen molar-refractivity contribution in [1.82, 2.24) is 5.32 Å². The van der Waals surface area contributed by atoms with E-state index >= 15 is 0 Å². The van der Waals surface area contributed by atoms with Crippen molar-refractivity contribution in [2.45, 2.75) is 38.1 Å². The number of nitrogens with one attached hydrogen (secondary N) is 1. The summed E-state index contributed by atoms with van der Waals surface area (Å²) in [6.07, 6.45) is 5.31. The SMILES string of the molecule is CNC(CC(=O)OC)c1ccc2c(c1)CCCC2. The van der Waals surface area contributed by atoms with Gasteiger partial charge in [0.2, 0.25) is 0 Å². The summed E-state index contributed by atoms with van der Waals surface area (Å²) in [7, 11) is 3.31. The number of esters is 1. The molecule has 0 fully saturated rings. The third kappa shape index (κ3) is 2.91. The lowest BCUT2D eigenvalue weighted by atomic mass is 9.88. The fourth-order valence-corrected chi connectivity index (χ4v) is 2.61. The molecule has 1 aromatic rings. The predicted octanol–water partition coefficient (Wildman–Crippen LogP) is 2.39. The minimum Gasteiger partial charge on any atom is -0.469 e. The molecule has 2 rings (SSSR count). The van der Waals surface area contributed by atoms with E-state index < -0.39 is 0 Å². The van der Waals surface area contributed by atoms with E-state index in [1.54, 1.807) is 0 Å². The van der Waals surface area contributed by atoms with Gasteiger partial charge in [-0.2, -0.15) is 0 Å². The summed E-state index contributed by atoms with van der Waals surface area (Å²) in [6, 6.07) is 6.64. The van der Waals surface area contributed by atoms with Crippen LogP contribution in [0.5, 0.6) is 0 Å². The molecule has 18 heavy (non-hydrogen) atoms. The Bertz CT molecular complexity index is 429. The molecule has 1 N–H and O–H groups in total. The number of benzene rings is 1. The summed E-state index contributed by atoms with van der Waals surface area (Å²) in [5, 5.41) is 3.19. The van der Waals surface area contributed by atoms with Crippen LogP contribution in [0.15, 0.2) is 18.2 Å². The largest absolute Gasteiger partial charge is 0.469 e. The summed E-state index contributed by atoms with van der Waals surface area (Å²) in [6.45, 7) is 0. The molecule has 1 aromatic carbocycles. The predicted molar refractivity (Wildman–Crippen MR) is 71.5 cm³/mol. The summed E-state index contributed by atoms with van der Waals surface area (Å²) >= 11 is 0. The minimum absolute atomic E-state index is 0.0460. The second-order valence-corrected chi connectivity index (χ2v) is 4.86. The molecular weight excluding hydrogens is 226 g/mol. The first-order chi connectivity index (χ1) is 8.74. The molecular formula is C15H21NO2. The van der Waals surface area contributed by atoms with Crippen LogP contribution in [0.3, 0.4) is 0 Å². The average molecular weight is 247 g/mol. The molecule has 0 bridgehead atoms. The summed E-state index contributed by atoms with van der Waals surface area (Å²) < 4.78 is 4.74. The summed E-state index contributed by atoms with van der Waals surface area (Å²) in [5.41, 5.74) is 4.10. The lowest BCUT2D eigenvalue weighted by Gasteiger charge is -2.20. The number of methoxy groups -OCH3 is 1. The van der Waals surface area contributed by atoms with E-state index in [1.165, 1.54) is 43.1 Å². The highest BCUT2D eigenvalue weighted by atomic mass is 16.5. The number of fused-ring (bicyclic) bond motifs is 1. The number of hydrogen-bond acceptors (Lipinski definition) is 3. The first-order valence-electron chi connectivity index (χ1n) is 6.60. The van der Waals surface area contributed by atoms with Crippen molar-refractivity contribution in [2.24, 2.45) is 0 Å². The first-order valence-corrected chi connectivity index (χ1v) is 6.60. The van der Waals surface area contributed by atoms with Gasteiger partial charge >= 0.3 is 5.97 Å². The smallest absolute Gasteiger partial charge is 0.307 e. The van der Waals surface area contributed by atoms with Gasteiger partial charge in [0.1, 0.15) is 0 Å². The molecule has 98 valence electrons. The Morgan fingerprint density at radius 3 is 2.72 bits per heavy atom. The molecule has 1 atom stereocenters. The Hall–Kier alpha value is -1.35. The van der Waals surface area contributed by atoms with E-state index in [0.29, 0.717) is 6.42 Å². The average Bonchev–Trinajstić information content (AvgIpc) is 2.44. The van der Waals surface area contributed by atoms with Gasteiger partial charge in [0, 0.05) is 6.04 Å². The van der Waals surface area contributed by atoms with Crippen LogP contribution in [0, 0.1) is 0 Å². The Morgan fingerprint density at radius 2 is 2.06 bits per heavy atom. The monoisotopic (exact) mass is 247 g/mol. The van der Waals surface area contributed by atoms with Crippen LogP contribution in [-0.2, 0) is 22.4 Å². The van der Waals surface area contributed by atoms with Crippen molar-refractivity contribution in [3.8, 4) is 0 Å². The number of rotatable bonds is 4. The quantitative estimate of drug-likeness (QED) is 0.830. The highest BCUT2D eigenvalue weighted by Gasteiger charge is 2.17. The third-order valence-corrected chi connectivity index (χ3v) is 3.72. The topological polar surface area (TPSA) is 38.3 Å². The normalized spacial score (nSPS) is 15.9. The van der Waals surface area contributed by atoms with Crippen LogP contribution >= 0.6 is 0 Å². The Morgan fingerprint density at radius 1 is 1.33 bits per heavy atom. The highest BCUT2D eigenvalue weighted by Crippen LogP contribution is 2.26. The standard InChI is InChI=1S/C15H21NO2/c1-16-14(10-15(17)18-2)13-8-7-11-5-3-4-6-12(11)9-13/h7-9,14,16H,3-6,10H2,1-2H3. The van der Waals surface area contributed by atoms with Crippen molar-refractivity contribution < 1.29 is 9.53 Å². The maximum atomic E-state index is 11.4.